The van der Waals surface area contributed by atoms with E-state index in [0.29, 0.717) is 19.4 Å². The van der Waals surface area contributed by atoms with E-state index in [9.17, 15) is 9.59 Å². The van der Waals surface area contributed by atoms with Crippen molar-refractivity contribution in [1.82, 2.24) is 9.80 Å². The number of hydrogen-bond donors (Lipinski definition) is 0. The Labute approximate surface area is 149 Å². The van der Waals surface area contributed by atoms with Crippen LogP contribution in [0.25, 0.3) is 0 Å². The second-order valence-electron chi connectivity index (χ2n) is 6.95. The summed E-state index contributed by atoms with van der Waals surface area (Å²) in [6, 6.07) is 7.57. The van der Waals surface area contributed by atoms with E-state index in [4.69, 9.17) is 4.74 Å². The Morgan fingerprint density at radius 3 is 2.68 bits per heavy atom. The highest BCUT2D eigenvalue weighted by atomic mass is 16.5. The summed E-state index contributed by atoms with van der Waals surface area (Å²) >= 11 is 0. The quantitative estimate of drug-likeness (QED) is 0.797. The number of carbonyl (C=O) groups is 2. The number of amides is 2. The molecule has 0 spiro atoms. The number of hydrogen-bond acceptors (Lipinski definition) is 3. The van der Waals surface area contributed by atoms with Crippen LogP contribution in [0.2, 0.25) is 0 Å². The zero-order valence-corrected chi connectivity index (χ0v) is 15.2. The molecule has 2 unspecified atom stereocenters. The van der Waals surface area contributed by atoms with Gasteiger partial charge in [-0.2, -0.15) is 0 Å². The zero-order valence-electron chi connectivity index (χ0n) is 15.2. The van der Waals surface area contributed by atoms with Crippen molar-refractivity contribution in [2.24, 2.45) is 5.92 Å². The van der Waals surface area contributed by atoms with Crippen LogP contribution >= 0.6 is 0 Å². The van der Waals surface area contributed by atoms with E-state index in [1.165, 1.54) is 0 Å². The van der Waals surface area contributed by atoms with Gasteiger partial charge in [-0.1, -0.05) is 31.5 Å². The summed E-state index contributed by atoms with van der Waals surface area (Å²) in [5, 5.41) is 0. The fourth-order valence-corrected chi connectivity index (χ4v) is 3.87. The molecule has 2 saturated heterocycles. The lowest BCUT2D eigenvalue weighted by Crippen LogP contribution is -2.52. The van der Waals surface area contributed by atoms with E-state index < -0.39 is 0 Å². The Kier molecular flexibility index (Phi) is 5.61. The molecule has 5 nitrogen and oxygen atoms in total. The predicted octanol–water partition coefficient (Wildman–Crippen LogP) is 3.01. The third-order valence-corrected chi connectivity index (χ3v) is 5.40. The van der Waals surface area contributed by atoms with Crippen LogP contribution in [-0.2, 0) is 9.59 Å². The molecule has 25 heavy (non-hydrogen) atoms. The van der Waals surface area contributed by atoms with Gasteiger partial charge in [0, 0.05) is 31.6 Å². The number of rotatable bonds is 6. The minimum absolute atomic E-state index is 0.150. The summed E-state index contributed by atoms with van der Waals surface area (Å²) in [7, 11) is 1.64. The summed E-state index contributed by atoms with van der Waals surface area (Å²) in [6.07, 6.45) is 4.13. The zero-order chi connectivity index (χ0) is 17.8. The summed E-state index contributed by atoms with van der Waals surface area (Å²) in [4.78, 5) is 29.6. The number of para-hydroxylation sites is 1. The van der Waals surface area contributed by atoms with Gasteiger partial charge in [-0.05, 0) is 25.3 Å². The molecule has 136 valence electrons. The third-order valence-electron chi connectivity index (χ3n) is 5.40. The number of methoxy groups -OCH3 is 1. The van der Waals surface area contributed by atoms with Gasteiger partial charge in [0.1, 0.15) is 5.75 Å². The summed E-state index contributed by atoms with van der Waals surface area (Å²) in [5.74, 6) is 0.921. The monoisotopic (exact) mass is 344 g/mol. The second kappa shape index (κ2) is 7.89. The normalized spacial score (nSPS) is 23.4. The maximum absolute atomic E-state index is 13.0. The molecule has 0 bridgehead atoms. The van der Waals surface area contributed by atoms with Crippen molar-refractivity contribution in [3.63, 3.8) is 0 Å². The molecule has 2 aliphatic heterocycles. The van der Waals surface area contributed by atoms with Crippen molar-refractivity contribution in [2.75, 3.05) is 26.7 Å². The minimum atomic E-state index is -0.225. The largest absolute Gasteiger partial charge is 0.496 e. The maximum Gasteiger partial charge on any atom is 0.228 e. The van der Waals surface area contributed by atoms with E-state index in [1.807, 2.05) is 34.1 Å². The molecule has 0 aromatic heterocycles. The maximum atomic E-state index is 13.0. The van der Waals surface area contributed by atoms with Crippen molar-refractivity contribution in [1.29, 1.82) is 0 Å². The fraction of sp³-hybridized carbons (Fsp3) is 0.600. The van der Waals surface area contributed by atoms with Crippen molar-refractivity contribution >= 4 is 11.8 Å². The molecular formula is C20H28N2O3. The van der Waals surface area contributed by atoms with Gasteiger partial charge in [-0.25, -0.2) is 0 Å². The molecule has 5 heteroatoms. The number of piperidine rings is 1. The van der Waals surface area contributed by atoms with Gasteiger partial charge >= 0.3 is 0 Å². The summed E-state index contributed by atoms with van der Waals surface area (Å²) < 4.78 is 5.55. The average Bonchev–Trinajstić information content (AvgIpc) is 2.58. The Morgan fingerprint density at radius 2 is 2.04 bits per heavy atom. The molecule has 0 radical (unpaired) electrons. The fourth-order valence-electron chi connectivity index (χ4n) is 3.87. The minimum Gasteiger partial charge on any atom is -0.496 e. The van der Waals surface area contributed by atoms with Crippen LogP contribution in [0.4, 0.5) is 0 Å². The Hall–Kier alpha value is -2.04. The molecule has 2 atom stereocenters. The number of ether oxygens (including phenoxy) is 1. The summed E-state index contributed by atoms with van der Waals surface area (Å²) in [6.45, 7) is 4.50. The highest BCUT2D eigenvalue weighted by Crippen LogP contribution is 2.41. The van der Waals surface area contributed by atoms with Crippen LogP contribution in [0, 0.1) is 5.92 Å². The number of likely N-dealkylation sites (tertiary alicyclic amines) is 2. The predicted molar refractivity (Wildman–Crippen MR) is 96.3 cm³/mol. The molecule has 0 saturated carbocycles. The van der Waals surface area contributed by atoms with Crippen molar-refractivity contribution < 1.29 is 14.3 Å². The van der Waals surface area contributed by atoms with Gasteiger partial charge < -0.3 is 14.5 Å². The van der Waals surface area contributed by atoms with Crippen LogP contribution in [-0.4, -0.2) is 48.4 Å². The van der Waals surface area contributed by atoms with Gasteiger partial charge in [0.05, 0.1) is 19.1 Å². The van der Waals surface area contributed by atoms with Gasteiger partial charge in [0.15, 0.2) is 0 Å². The molecule has 2 aliphatic rings. The molecule has 2 heterocycles. The van der Waals surface area contributed by atoms with Crippen LogP contribution < -0.4 is 4.74 Å². The smallest absolute Gasteiger partial charge is 0.228 e. The molecule has 1 aromatic rings. The first-order valence-electron chi connectivity index (χ1n) is 9.38. The van der Waals surface area contributed by atoms with Gasteiger partial charge in [-0.15, -0.1) is 0 Å². The lowest BCUT2D eigenvalue weighted by atomic mass is 9.82. The third kappa shape index (κ3) is 3.51. The van der Waals surface area contributed by atoms with Crippen molar-refractivity contribution in [3.05, 3.63) is 29.8 Å². The molecule has 1 aromatic carbocycles. The van der Waals surface area contributed by atoms with Gasteiger partial charge in [0.2, 0.25) is 11.8 Å². The average molecular weight is 344 g/mol. The Balaban J connectivity index is 1.98. The number of benzene rings is 1. The Bertz CT molecular complexity index is 627. The molecule has 2 fully saturated rings. The molecule has 3 rings (SSSR count). The molecular weight excluding hydrogens is 316 g/mol. The molecule has 2 amide bonds. The highest BCUT2D eigenvalue weighted by Gasteiger charge is 2.43. The van der Waals surface area contributed by atoms with Crippen molar-refractivity contribution in [3.8, 4) is 5.75 Å². The number of carbonyl (C=O) groups excluding carboxylic acids is 2. The number of nitrogens with zero attached hydrogens (tertiary/aromatic N) is 2. The first kappa shape index (κ1) is 17.8. The van der Waals surface area contributed by atoms with Crippen LogP contribution in [0.3, 0.4) is 0 Å². The summed E-state index contributed by atoms with van der Waals surface area (Å²) in [5.41, 5.74) is 0.952. The van der Waals surface area contributed by atoms with E-state index >= 15 is 0 Å². The standard InChI is InChI=1S/C20H28N2O3/c1-3-4-14-22-18(23)11-10-16(20(24)21-12-7-13-21)19(22)15-8-5-6-9-17(15)25-2/h5-6,8-9,16,19H,3-4,7,10-14H2,1-2H3. The number of unbranched alkanes of at least 4 members (excludes halogenated alkanes) is 1. The second-order valence-corrected chi connectivity index (χ2v) is 6.95. The van der Waals surface area contributed by atoms with Crippen LogP contribution in [0.1, 0.15) is 50.6 Å². The van der Waals surface area contributed by atoms with Gasteiger partial charge in [-0.3, -0.25) is 9.59 Å². The van der Waals surface area contributed by atoms with E-state index in [0.717, 1.165) is 43.7 Å². The van der Waals surface area contributed by atoms with E-state index in [1.54, 1.807) is 7.11 Å². The first-order valence-corrected chi connectivity index (χ1v) is 9.38. The molecule has 0 N–H and O–H groups in total. The van der Waals surface area contributed by atoms with Crippen LogP contribution in [0.15, 0.2) is 24.3 Å². The van der Waals surface area contributed by atoms with Crippen molar-refractivity contribution in [2.45, 2.75) is 45.1 Å². The van der Waals surface area contributed by atoms with E-state index in [2.05, 4.69) is 6.92 Å². The van der Waals surface area contributed by atoms with E-state index in [-0.39, 0.29) is 23.8 Å². The first-order chi connectivity index (χ1) is 12.2. The Morgan fingerprint density at radius 1 is 1.28 bits per heavy atom. The SMILES string of the molecule is CCCCN1C(=O)CCC(C(=O)N2CCC2)C1c1ccccc1OC. The van der Waals surface area contributed by atoms with Gasteiger partial charge in [0.25, 0.3) is 0 Å². The van der Waals surface area contributed by atoms with Crippen LogP contribution in [0.5, 0.6) is 5.75 Å². The lowest BCUT2D eigenvalue weighted by molar-refractivity contribution is -0.150. The highest BCUT2D eigenvalue weighted by molar-refractivity contribution is 5.85. The lowest BCUT2D eigenvalue weighted by Gasteiger charge is -2.44. The molecule has 0 aliphatic carbocycles. The topological polar surface area (TPSA) is 49.9 Å².